The standard InChI is InChI=1S/C17H25N5O3.C15H21N5O3.C13H17ClN4O/c1-3-9-22-16(24)13-15(20-14(19-13)11-7-5-6-8-11)21-17(22)18-10-12(23)25-4-2;1-2-7-20-14(23)11-13(19-15(20)16-8-10(21)22)18-12(17-11)9-5-3-4-6-9;1-2-7-18-12(19)9-11(17-13(18)14)16-10(15-9)8-5-3-4-6-8/h11H,3-10H2,1-2H3,(H,18,21)(H,19,20);9H,2-8H2,1H3,(H,16,19)(H,17,18)(H,21,22);8H,2-7H2,1H3,(H,15,16). The van der Waals surface area contributed by atoms with Gasteiger partial charge in [-0.2, -0.15) is 15.0 Å². The summed E-state index contributed by atoms with van der Waals surface area (Å²) in [7, 11) is 0. The van der Waals surface area contributed by atoms with Crippen molar-refractivity contribution < 1.29 is 19.4 Å². The van der Waals surface area contributed by atoms with Crippen LogP contribution in [0.4, 0.5) is 11.9 Å². The number of carbonyl (C=O) groups is 2. The number of aliphatic carboxylic acids is 1. The Kier molecular flexibility index (Phi) is 16.4. The number of nitrogens with zero attached hydrogens (tertiary/aromatic N) is 9. The molecule has 67 heavy (non-hydrogen) atoms. The van der Waals surface area contributed by atoms with Crippen molar-refractivity contribution in [2.24, 2.45) is 0 Å². The van der Waals surface area contributed by atoms with Gasteiger partial charge in [0.15, 0.2) is 33.5 Å². The van der Waals surface area contributed by atoms with E-state index in [9.17, 15) is 24.0 Å². The summed E-state index contributed by atoms with van der Waals surface area (Å²) < 4.78 is 9.44. The van der Waals surface area contributed by atoms with Gasteiger partial charge in [0.1, 0.15) is 30.6 Å². The molecule has 362 valence electrons. The molecule has 3 fully saturated rings. The number of rotatable bonds is 16. The van der Waals surface area contributed by atoms with Gasteiger partial charge in [0.05, 0.1) is 6.61 Å². The van der Waals surface area contributed by atoms with Crippen molar-refractivity contribution in [3.8, 4) is 0 Å². The molecule has 0 spiro atoms. The highest BCUT2D eigenvalue weighted by atomic mass is 35.5. The molecule has 0 aromatic carbocycles. The number of carboxylic acids is 1. The lowest BCUT2D eigenvalue weighted by Gasteiger charge is -2.12. The zero-order chi connectivity index (χ0) is 47.6. The van der Waals surface area contributed by atoms with Crippen LogP contribution in [0.15, 0.2) is 14.4 Å². The van der Waals surface area contributed by atoms with Crippen molar-refractivity contribution in [1.82, 2.24) is 58.6 Å². The monoisotopic (exact) mass is 946 g/mol. The first-order valence-electron chi connectivity index (χ1n) is 24.0. The molecule has 6 aromatic rings. The van der Waals surface area contributed by atoms with Crippen LogP contribution in [0.3, 0.4) is 0 Å². The van der Waals surface area contributed by atoms with Gasteiger partial charge in [-0.1, -0.05) is 59.3 Å². The van der Waals surface area contributed by atoms with Gasteiger partial charge in [-0.25, -0.2) is 15.0 Å². The third kappa shape index (κ3) is 11.4. The average Bonchev–Trinajstić information content (AvgIpc) is 4.17. The first-order chi connectivity index (χ1) is 32.4. The van der Waals surface area contributed by atoms with Crippen LogP contribution in [0.2, 0.25) is 5.28 Å². The van der Waals surface area contributed by atoms with Crippen LogP contribution in [0.25, 0.3) is 33.5 Å². The number of aromatic amines is 3. The number of ether oxygens (including phenoxy) is 1. The summed E-state index contributed by atoms with van der Waals surface area (Å²) in [5.74, 6) is 2.97. The van der Waals surface area contributed by atoms with Crippen LogP contribution in [-0.4, -0.2) is 95.3 Å². The van der Waals surface area contributed by atoms with Crippen molar-refractivity contribution in [3.05, 3.63) is 53.8 Å². The normalized spacial score (nSPS) is 15.5. The molecule has 0 saturated heterocycles. The minimum atomic E-state index is -1.00. The Morgan fingerprint density at radius 1 is 0.582 bits per heavy atom. The number of H-pyrrole nitrogens is 3. The molecule has 0 radical (unpaired) electrons. The Labute approximate surface area is 391 Å². The minimum absolute atomic E-state index is 0.0323. The zero-order valence-electron chi connectivity index (χ0n) is 38.9. The van der Waals surface area contributed by atoms with Crippen LogP contribution >= 0.6 is 11.6 Å². The van der Waals surface area contributed by atoms with E-state index >= 15 is 0 Å². The molecule has 0 bridgehead atoms. The number of carbonyl (C=O) groups excluding carboxylic acids is 1. The van der Waals surface area contributed by atoms with Crippen LogP contribution < -0.4 is 27.3 Å². The third-order valence-electron chi connectivity index (χ3n) is 12.5. The highest BCUT2D eigenvalue weighted by molar-refractivity contribution is 6.28. The van der Waals surface area contributed by atoms with Crippen LogP contribution in [-0.2, 0) is 34.0 Å². The molecule has 0 atom stereocenters. The van der Waals surface area contributed by atoms with Crippen molar-refractivity contribution in [3.63, 3.8) is 0 Å². The quantitative estimate of drug-likeness (QED) is 0.0436. The maximum Gasteiger partial charge on any atom is 0.325 e. The number of anilines is 2. The van der Waals surface area contributed by atoms with E-state index in [2.05, 4.69) is 55.5 Å². The zero-order valence-corrected chi connectivity index (χ0v) is 39.6. The van der Waals surface area contributed by atoms with Crippen molar-refractivity contribution in [1.29, 1.82) is 0 Å². The number of carboxylic acid groups (broad SMARTS) is 1. The summed E-state index contributed by atoms with van der Waals surface area (Å²) in [4.78, 5) is 96.3. The van der Waals surface area contributed by atoms with Gasteiger partial charge in [0, 0.05) is 37.4 Å². The Morgan fingerprint density at radius 2 is 0.940 bits per heavy atom. The van der Waals surface area contributed by atoms with Crippen molar-refractivity contribution in [2.45, 2.75) is 161 Å². The third-order valence-corrected chi connectivity index (χ3v) is 12.8. The fourth-order valence-electron chi connectivity index (χ4n) is 9.23. The van der Waals surface area contributed by atoms with E-state index in [0.717, 1.165) is 75.3 Å². The number of nitrogens with one attached hydrogen (secondary N) is 5. The number of imidazole rings is 3. The van der Waals surface area contributed by atoms with Crippen molar-refractivity contribution >= 4 is 68.9 Å². The topological polar surface area (TPSA) is 278 Å². The molecular formula is C45H63ClN14O7. The van der Waals surface area contributed by atoms with Gasteiger partial charge in [0.2, 0.25) is 17.2 Å². The smallest absolute Gasteiger partial charge is 0.325 e. The second-order valence-electron chi connectivity index (χ2n) is 17.4. The molecule has 21 nitrogen and oxygen atoms in total. The van der Waals surface area contributed by atoms with E-state index in [1.807, 2.05) is 20.8 Å². The lowest BCUT2D eigenvalue weighted by atomic mass is 10.1. The molecule has 0 amide bonds. The summed E-state index contributed by atoms with van der Waals surface area (Å²) in [6, 6.07) is 0. The minimum Gasteiger partial charge on any atom is -0.480 e. The molecule has 0 aliphatic heterocycles. The number of esters is 1. The summed E-state index contributed by atoms with van der Waals surface area (Å²) in [5.41, 5.74) is 2.06. The highest BCUT2D eigenvalue weighted by Gasteiger charge is 2.26. The van der Waals surface area contributed by atoms with E-state index in [1.54, 1.807) is 11.5 Å². The number of hydrogen-bond acceptors (Lipinski definition) is 14. The first-order valence-corrected chi connectivity index (χ1v) is 24.3. The molecule has 6 aromatic heterocycles. The van der Waals surface area contributed by atoms with E-state index in [4.69, 9.17) is 21.4 Å². The maximum atomic E-state index is 12.8. The molecule has 3 aliphatic rings. The van der Waals surface area contributed by atoms with Gasteiger partial charge in [-0.05, 0) is 76.3 Å². The van der Waals surface area contributed by atoms with Crippen LogP contribution in [0.1, 0.15) is 159 Å². The molecule has 6 N–H and O–H groups in total. The molecular weight excluding hydrogens is 884 g/mol. The average molecular weight is 948 g/mol. The molecule has 3 saturated carbocycles. The molecule has 3 aliphatic carbocycles. The summed E-state index contributed by atoms with van der Waals surface area (Å²) in [6.07, 6.45) is 16.2. The molecule has 9 rings (SSSR count). The van der Waals surface area contributed by atoms with Gasteiger partial charge in [0.25, 0.3) is 16.7 Å². The second-order valence-corrected chi connectivity index (χ2v) is 17.8. The summed E-state index contributed by atoms with van der Waals surface area (Å²) >= 11 is 6.05. The Morgan fingerprint density at radius 3 is 1.31 bits per heavy atom. The molecule has 22 heteroatoms. The maximum absolute atomic E-state index is 12.8. The van der Waals surface area contributed by atoms with Gasteiger partial charge in [-0.15, -0.1) is 0 Å². The van der Waals surface area contributed by atoms with Gasteiger partial charge in [-0.3, -0.25) is 37.7 Å². The lowest BCUT2D eigenvalue weighted by Crippen LogP contribution is -2.27. The summed E-state index contributed by atoms with van der Waals surface area (Å²) in [6.45, 7) is 9.27. The fourth-order valence-corrected chi connectivity index (χ4v) is 9.47. The summed E-state index contributed by atoms with van der Waals surface area (Å²) in [5, 5.41) is 14.7. The predicted molar refractivity (Wildman–Crippen MR) is 255 cm³/mol. The highest BCUT2D eigenvalue weighted by Crippen LogP contribution is 2.35. The predicted octanol–water partition coefficient (Wildman–Crippen LogP) is 6.69. The van der Waals surface area contributed by atoms with E-state index in [1.165, 1.54) is 47.7 Å². The number of fused-ring (bicyclic) bond motifs is 3. The van der Waals surface area contributed by atoms with Crippen molar-refractivity contribution in [2.75, 3.05) is 30.3 Å². The van der Waals surface area contributed by atoms with Gasteiger partial charge >= 0.3 is 11.9 Å². The number of aromatic nitrogens is 12. The molecule has 6 heterocycles. The Bertz CT molecular complexity index is 2840. The molecule has 0 unspecified atom stereocenters. The lowest BCUT2D eigenvalue weighted by molar-refractivity contribution is -0.141. The van der Waals surface area contributed by atoms with Gasteiger partial charge < -0.3 is 35.4 Å². The SMILES string of the molecule is CCCn1c(Cl)nc2nc(C3CCCC3)[nH]c2c1=O.CCCn1c(NCC(=O)O)nc2nc(C3CCCC3)[nH]c2c1=O.CCCn1c(NCC(=O)OCC)nc2nc(C3CCCC3)[nH]c2c1=O. The number of halogens is 1. The van der Waals surface area contributed by atoms with E-state index in [0.29, 0.717) is 83.4 Å². The Hall–Kier alpha value is -6.12. The Balaban J connectivity index is 0.000000150. The second kappa shape index (κ2) is 22.6. The first kappa shape index (κ1) is 48.8. The van der Waals surface area contributed by atoms with E-state index in [-0.39, 0.29) is 47.0 Å². The largest absolute Gasteiger partial charge is 0.480 e. The van der Waals surface area contributed by atoms with Crippen LogP contribution in [0.5, 0.6) is 0 Å². The van der Waals surface area contributed by atoms with Crippen LogP contribution in [0, 0.1) is 0 Å². The van der Waals surface area contributed by atoms with E-state index < -0.39 is 5.97 Å². The number of hydrogen-bond donors (Lipinski definition) is 6. The fraction of sp³-hybridized carbons (Fsp3) is 0.622.